The number of nitrogens with one attached hydrogen (secondary N) is 2. The fourth-order valence-corrected chi connectivity index (χ4v) is 1.63. The van der Waals surface area contributed by atoms with Gasteiger partial charge in [0.2, 0.25) is 11.8 Å². The van der Waals surface area contributed by atoms with Crippen molar-refractivity contribution in [1.82, 2.24) is 20.8 Å². The summed E-state index contributed by atoms with van der Waals surface area (Å²) in [6.45, 7) is 3.80. The highest BCUT2D eigenvalue weighted by Gasteiger charge is 2.24. The van der Waals surface area contributed by atoms with Crippen molar-refractivity contribution in [3.8, 4) is 0 Å². The number of hydrogen-bond donors (Lipinski definition) is 2. The minimum Gasteiger partial charge on any atom is -0.407 e. The predicted molar refractivity (Wildman–Crippen MR) is 70.7 cm³/mol. The van der Waals surface area contributed by atoms with Crippen molar-refractivity contribution in [2.24, 2.45) is 0 Å². The summed E-state index contributed by atoms with van der Waals surface area (Å²) < 4.78 is 5.47. The molecule has 0 spiro atoms. The van der Waals surface area contributed by atoms with Crippen LogP contribution < -0.4 is 15.5 Å². The van der Waals surface area contributed by atoms with Crippen molar-refractivity contribution >= 4 is 11.9 Å². The minimum atomic E-state index is -0.00569. The number of carbonyl (C=O) groups is 1. The Morgan fingerprint density at radius 2 is 2.26 bits per heavy atom. The largest absolute Gasteiger partial charge is 0.407 e. The van der Waals surface area contributed by atoms with Crippen LogP contribution >= 0.6 is 0 Å². The molecule has 7 heteroatoms. The smallest absolute Gasteiger partial charge is 0.318 e. The van der Waals surface area contributed by atoms with Crippen LogP contribution in [0, 0.1) is 0 Å². The first-order chi connectivity index (χ1) is 9.19. The fourth-order valence-electron chi connectivity index (χ4n) is 1.63. The second kappa shape index (κ2) is 6.51. The van der Waals surface area contributed by atoms with Gasteiger partial charge in [-0.25, -0.2) is 0 Å². The molecule has 2 rings (SSSR count). The van der Waals surface area contributed by atoms with Crippen LogP contribution in [0.5, 0.6) is 0 Å². The Morgan fingerprint density at radius 3 is 2.95 bits per heavy atom. The molecule has 1 aromatic heterocycles. The van der Waals surface area contributed by atoms with Crippen molar-refractivity contribution in [2.45, 2.75) is 38.8 Å². The summed E-state index contributed by atoms with van der Waals surface area (Å²) in [6, 6.07) is 0.747. The van der Waals surface area contributed by atoms with Gasteiger partial charge in [-0.1, -0.05) is 12.0 Å². The van der Waals surface area contributed by atoms with Crippen molar-refractivity contribution in [2.75, 3.05) is 25.0 Å². The van der Waals surface area contributed by atoms with E-state index in [0.29, 0.717) is 24.5 Å². The van der Waals surface area contributed by atoms with Gasteiger partial charge in [0.1, 0.15) is 6.54 Å². The molecule has 1 fully saturated rings. The lowest BCUT2D eigenvalue weighted by molar-refractivity contribution is -0.119. The van der Waals surface area contributed by atoms with E-state index in [1.165, 1.54) is 0 Å². The summed E-state index contributed by atoms with van der Waals surface area (Å²) in [4.78, 5) is 13.3. The first-order valence-electron chi connectivity index (χ1n) is 6.72. The lowest BCUT2D eigenvalue weighted by Crippen LogP contribution is -2.36. The van der Waals surface area contributed by atoms with Gasteiger partial charge in [0.25, 0.3) is 0 Å². The molecule has 1 aromatic rings. The lowest BCUT2D eigenvalue weighted by atomic mass is 10.5. The molecule has 0 aliphatic heterocycles. The van der Waals surface area contributed by atoms with Crippen LogP contribution in [0.4, 0.5) is 6.01 Å². The Kier molecular flexibility index (Phi) is 4.73. The first-order valence-corrected chi connectivity index (χ1v) is 6.72. The molecule has 0 saturated heterocycles. The van der Waals surface area contributed by atoms with Gasteiger partial charge in [0.15, 0.2) is 0 Å². The van der Waals surface area contributed by atoms with E-state index in [1.807, 2.05) is 0 Å². The van der Waals surface area contributed by atoms with Gasteiger partial charge in [0, 0.05) is 13.1 Å². The third kappa shape index (κ3) is 4.51. The Labute approximate surface area is 112 Å². The average molecular weight is 267 g/mol. The van der Waals surface area contributed by atoms with Gasteiger partial charge in [-0.15, -0.1) is 5.10 Å². The SMILES string of the molecule is CCCNCc1nnc(N(C)CC(=O)NC2CC2)o1. The van der Waals surface area contributed by atoms with Gasteiger partial charge in [0.05, 0.1) is 6.54 Å². The molecule has 1 saturated carbocycles. The molecule has 0 atom stereocenters. The van der Waals surface area contributed by atoms with E-state index >= 15 is 0 Å². The molecular formula is C12H21N5O2. The molecule has 2 N–H and O–H groups in total. The molecule has 0 radical (unpaired) electrons. The quantitative estimate of drug-likeness (QED) is 0.658. The molecule has 0 aromatic carbocycles. The highest BCUT2D eigenvalue weighted by Crippen LogP contribution is 2.18. The predicted octanol–water partition coefficient (Wildman–Crippen LogP) is 0.284. The molecule has 0 bridgehead atoms. The van der Waals surface area contributed by atoms with E-state index in [4.69, 9.17) is 4.42 Å². The molecular weight excluding hydrogens is 246 g/mol. The van der Waals surface area contributed by atoms with E-state index < -0.39 is 0 Å². The van der Waals surface area contributed by atoms with E-state index in [1.54, 1.807) is 11.9 Å². The summed E-state index contributed by atoms with van der Waals surface area (Å²) in [5.41, 5.74) is 0. The molecule has 7 nitrogen and oxygen atoms in total. The Balaban J connectivity index is 1.77. The summed E-state index contributed by atoms with van der Waals surface area (Å²) >= 11 is 0. The van der Waals surface area contributed by atoms with Gasteiger partial charge < -0.3 is 20.0 Å². The molecule has 1 amide bonds. The maximum absolute atomic E-state index is 11.6. The van der Waals surface area contributed by atoms with Crippen LogP contribution in [0.1, 0.15) is 32.1 Å². The zero-order valence-electron chi connectivity index (χ0n) is 11.5. The van der Waals surface area contributed by atoms with Gasteiger partial charge in [-0.05, 0) is 25.8 Å². The molecule has 1 heterocycles. The lowest BCUT2D eigenvalue weighted by Gasteiger charge is -2.13. The topological polar surface area (TPSA) is 83.3 Å². The highest BCUT2D eigenvalue weighted by atomic mass is 16.4. The van der Waals surface area contributed by atoms with Crippen molar-refractivity contribution in [3.05, 3.63) is 5.89 Å². The van der Waals surface area contributed by atoms with Crippen LogP contribution in [0.15, 0.2) is 4.42 Å². The van der Waals surface area contributed by atoms with Gasteiger partial charge in [-0.2, -0.15) is 0 Å². The number of likely N-dealkylation sites (N-methyl/N-ethyl adjacent to an activating group) is 1. The van der Waals surface area contributed by atoms with Gasteiger partial charge in [-0.3, -0.25) is 4.79 Å². The fraction of sp³-hybridized carbons (Fsp3) is 0.750. The Morgan fingerprint density at radius 1 is 1.47 bits per heavy atom. The zero-order valence-corrected chi connectivity index (χ0v) is 11.5. The summed E-state index contributed by atoms with van der Waals surface area (Å²) in [7, 11) is 1.77. The summed E-state index contributed by atoms with van der Waals surface area (Å²) in [5, 5.41) is 14.0. The van der Waals surface area contributed by atoms with Gasteiger partial charge >= 0.3 is 6.01 Å². The third-order valence-electron chi connectivity index (χ3n) is 2.81. The molecule has 1 aliphatic carbocycles. The zero-order chi connectivity index (χ0) is 13.7. The number of carbonyl (C=O) groups excluding carboxylic acids is 1. The van der Waals surface area contributed by atoms with E-state index in [-0.39, 0.29) is 12.5 Å². The molecule has 106 valence electrons. The number of amides is 1. The number of nitrogens with zero attached hydrogens (tertiary/aromatic N) is 3. The number of rotatable bonds is 8. The Bertz CT molecular complexity index is 416. The second-order valence-electron chi connectivity index (χ2n) is 4.85. The van der Waals surface area contributed by atoms with Crippen molar-refractivity contribution < 1.29 is 9.21 Å². The minimum absolute atomic E-state index is 0.00569. The third-order valence-corrected chi connectivity index (χ3v) is 2.81. The summed E-state index contributed by atoms with van der Waals surface area (Å²) in [6.07, 6.45) is 3.23. The normalized spacial score (nSPS) is 14.4. The number of anilines is 1. The standard InChI is InChI=1S/C12H21N5O2/c1-3-6-13-7-11-15-16-12(19-11)17(2)8-10(18)14-9-4-5-9/h9,13H,3-8H2,1-2H3,(H,14,18). The maximum Gasteiger partial charge on any atom is 0.318 e. The van der Waals surface area contributed by atoms with Crippen LogP contribution in [0.25, 0.3) is 0 Å². The van der Waals surface area contributed by atoms with E-state index in [9.17, 15) is 4.79 Å². The second-order valence-corrected chi connectivity index (χ2v) is 4.85. The number of aromatic nitrogens is 2. The van der Waals surface area contributed by atoms with Crippen LogP contribution in [-0.2, 0) is 11.3 Å². The van der Waals surface area contributed by atoms with Crippen molar-refractivity contribution in [3.63, 3.8) is 0 Å². The average Bonchev–Trinajstić information content (AvgIpc) is 3.05. The highest BCUT2D eigenvalue weighted by molar-refractivity contribution is 5.81. The number of hydrogen-bond acceptors (Lipinski definition) is 6. The Hall–Kier alpha value is -1.63. The molecule has 0 unspecified atom stereocenters. The van der Waals surface area contributed by atoms with Crippen LogP contribution in [0.3, 0.4) is 0 Å². The maximum atomic E-state index is 11.6. The first kappa shape index (κ1) is 13.8. The van der Waals surface area contributed by atoms with Crippen LogP contribution in [-0.4, -0.2) is 42.3 Å². The monoisotopic (exact) mass is 267 g/mol. The molecule has 1 aliphatic rings. The molecule has 19 heavy (non-hydrogen) atoms. The summed E-state index contributed by atoms with van der Waals surface area (Å²) in [5.74, 6) is 0.534. The van der Waals surface area contributed by atoms with Crippen molar-refractivity contribution in [1.29, 1.82) is 0 Å². The van der Waals surface area contributed by atoms with E-state index in [2.05, 4.69) is 27.8 Å². The van der Waals surface area contributed by atoms with Crippen LogP contribution in [0.2, 0.25) is 0 Å². The van der Waals surface area contributed by atoms with E-state index in [0.717, 1.165) is 25.8 Å².